The lowest BCUT2D eigenvalue weighted by molar-refractivity contribution is -0.384. The summed E-state index contributed by atoms with van der Waals surface area (Å²) in [5, 5.41) is 24.5. The Hall–Kier alpha value is -5.44. The molecule has 5 aromatic rings. The van der Waals surface area contributed by atoms with Crippen LogP contribution >= 0.6 is 11.8 Å². The van der Waals surface area contributed by atoms with Gasteiger partial charge in [-0.2, -0.15) is 0 Å². The minimum absolute atomic E-state index is 0.0789. The molecule has 0 aromatic heterocycles. The van der Waals surface area contributed by atoms with Crippen LogP contribution in [0, 0.1) is 15.9 Å². The zero-order chi connectivity index (χ0) is 36.7. The largest absolute Gasteiger partial charge is 0.508 e. The number of rotatable bonds is 13. The quantitative estimate of drug-likeness (QED) is 0.0513. The number of hydrogen-bond donors (Lipinski definition) is 3. The Labute approximate surface area is 305 Å². The van der Waals surface area contributed by atoms with Crippen molar-refractivity contribution in [3.63, 3.8) is 0 Å². The molecule has 14 heteroatoms. The third-order valence-electron chi connectivity index (χ3n) is 8.60. The summed E-state index contributed by atoms with van der Waals surface area (Å²) in [6.45, 7) is 3.83. The van der Waals surface area contributed by atoms with Crippen molar-refractivity contribution in [2.24, 2.45) is 0 Å². The van der Waals surface area contributed by atoms with E-state index in [1.54, 1.807) is 48.2 Å². The van der Waals surface area contributed by atoms with Crippen molar-refractivity contribution in [3.8, 4) is 16.9 Å². The molecule has 0 bridgehead atoms. The van der Waals surface area contributed by atoms with Crippen molar-refractivity contribution in [2.75, 3.05) is 48.7 Å². The van der Waals surface area contributed by atoms with Crippen molar-refractivity contribution in [1.82, 2.24) is 9.62 Å². The molecule has 52 heavy (non-hydrogen) atoms. The van der Waals surface area contributed by atoms with Gasteiger partial charge in [0, 0.05) is 72.8 Å². The number of nitro groups is 1. The highest BCUT2D eigenvalue weighted by Crippen LogP contribution is 2.29. The van der Waals surface area contributed by atoms with Gasteiger partial charge in [-0.3, -0.25) is 19.8 Å². The fourth-order valence-electron chi connectivity index (χ4n) is 5.90. The molecule has 1 fully saturated rings. The molecule has 0 spiro atoms. The van der Waals surface area contributed by atoms with Gasteiger partial charge >= 0.3 is 0 Å². The number of nitro benzene ring substituents is 1. The first kappa shape index (κ1) is 36.4. The number of piperazine rings is 1. The standard InChI is InChI=1S/C38H36FN5O6S2/c39-35-23-27(9-15-34(35)29-5-4-6-31(45)24-29)26-42-18-20-43(21-19-42)30-12-10-28(11-13-30)38(46)41-52(49,50)33-14-16-36(37(25-33)44(47)48)40-17-22-51-32-7-2-1-3-8-32/h1-16,23-25,40,45H,17-22,26H2,(H,41,46). The number of halogens is 1. The summed E-state index contributed by atoms with van der Waals surface area (Å²) in [4.78, 5) is 29.1. The Kier molecular flexibility index (Phi) is 11.4. The summed E-state index contributed by atoms with van der Waals surface area (Å²) in [6, 6.07) is 31.4. The van der Waals surface area contributed by atoms with E-state index >= 15 is 0 Å². The van der Waals surface area contributed by atoms with Crippen molar-refractivity contribution in [2.45, 2.75) is 16.3 Å². The fraction of sp³-hybridized carbons (Fsp3) is 0.184. The van der Waals surface area contributed by atoms with Gasteiger partial charge in [-0.25, -0.2) is 17.5 Å². The van der Waals surface area contributed by atoms with Gasteiger partial charge in [-0.15, -0.1) is 11.8 Å². The van der Waals surface area contributed by atoms with E-state index in [4.69, 9.17) is 0 Å². The molecule has 0 unspecified atom stereocenters. The first-order valence-corrected chi connectivity index (χ1v) is 18.9. The zero-order valence-electron chi connectivity index (χ0n) is 27.9. The number of aromatic hydroxyl groups is 1. The lowest BCUT2D eigenvalue weighted by atomic mass is 10.0. The zero-order valence-corrected chi connectivity index (χ0v) is 29.6. The molecule has 0 atom stereocenters. The van der Waals surface area contributed by atoms with Crippen molar-refractivity contribution in [3.05, 3.63) is 142 Å². The smallest absolute Gasteiger partial charge is 0.293 e. The number of phenolic OH excluding ortho intramolecular Hbond substituents is 1. The van der Waals surface area contributed by atoms with Gasteiger partial charge in [0.15, 0.2) is 0 Å². The Morgan fingerprint density at radius 2 is 1.63 bits per heavy atom. The van der Waals surface area contributed by atoms with Gasteiger partial charge in [0.25, 0.3) is 21.6 Å². The van der Waals surface area contributed by atoms with Crippen molar-refractivity contribution >= 4 is 44.8 Å². The predicted molar refractivity (Wildman–Crippen MR) is 201 cm³/mol. The number of anilines is 2. The minimum atomic E-state index is -4.41. The number of benzene rings is 5. The van der Waals surface area contributed by atoms with Gasteiger partial charge in [0.2, 0.25) is 0 Å². The van der Waals surface area contributed by atoms with E-state index in [0.29, 0.717) is 43.1 Å². The van der Waals surface area contributed by atoms with E-state index in [0.717, 1.165) is 35.3 Å². The van der Waals surface area contributed by atoms with Gasteiger partial charge in [-0.05, 0) is 77.9 Å². The lowest BCUT2D eigenvalue weighted by Crippen LogP contribution is -2.46. The highest BCUT2D eigenvalue weighted by atomic mass is 32.2. The second kappa shape index (κ2) is 16.3. The highest BCUT2D eigenvalue weighted by molar-refractivity contribution is 7.99. The molecule has 1 amide bonds. The van der Waals surface area contributed by atoms with E-state index in [1.165, 1.54) is 36.4 Å². The highest BCUT2D eigenvalue weighted by Gasteiger charge is 2.24. The van der Waals surface area contributed by atoms with E-state index in [1.807, 2.05) is 41.1 Å². The fourth-order valence-corrected chi connectivity index (χ4v) is 7.68. The van der Waals surface area contributed by atoms with Crippen LogP contribution in [-0.2, 0) is 16.6 Å². The molecule has 6 rings (SSSR count). The predicted octanol–water partition coefficient (Wildman–Crippen LogP) is 6.75. The molecule has 268 valence electrons. The first-order chi connectivity index (χ1) is 25.1. The third-order valence-corrected chi connectivity index (χ3v) is 10.9. The van der Waals surface area contributed by atoms with E-state index in [2.05, 4.69) is 15.1 Å². The lowest BCUT2D eigenvalue weighted by Gasteiger charge is -2.36. The molecule has 1 aliphatic rings. The molecular formula is C38H36FN5O6S2. The number of phenols is 1. The average Bonchev–Trinajstić information content (AvgIpc) is 3.14. The average molecular weight is 742 g/mol. The SMILES string of the molecule is O=C(NS(=O)(=O)c1ccc(NCCSc2ccccc2)c([N+](=O)[O-])c1)c1ccc(N2CCN(Cc3ccc(-c4cccc(O)c4)c(F)c3)CC2)cc1. The minimum Gasteiger partial charge on any atom is -0.508 e. The summed E-state index contributed by atoms with van der Waals surface area (Å²) in [5.74, 6) is -0.500. The van der Waals surface area contributed by atoms with Crippen LogP contribution in [0.1, 0.15) is 15.9 Å². The van der Waals surface area contributed by atoms with E-state index < -0.39 is 31.4 Å². The van der Waals surface area contributed by atoms with Crippen LogP contribution in [0.25, 0.3) is 11.1 Å². The van der Waals surface area contributed by atoms with Crippen LogP contribution in [0.15, 0.2) is 125 Å². The van der Waals surface area contributed by atoms with Crippen LogP contribution in [0.4, 0.5) is 21.5 Å². The number of nitrogens with one attached hydrogen (secondary N) is 2. The van der Waals surface area contributed by atoms with Gasteiger partial charge in [0.05, 0.1) is 9.82 Å². The number of carbonyl (C=O) groups is 1. The Bertz CT molecular complexity index is 2160. The molecule has 0 saturated carbocycles. The molecule has 1 aliphatic heterocycles. The summed E-state index contributed by atoms with van der Waals surface area (Å²) in [5.41, 5.74) is 2.62. The van der Waals surface area contributed by atoms with Gasteiger partial charge in [-0.1, -0.05) is 42.5 Å². The molecule has 5 aromatic carbocycles. The van der Waals surface area contributed by atoms with Crippen LogP contribution in [0.2, 0.25) is 0 Å². The number of carbonyl (C=O) groups excluding carboxylic acids is 1. The number of hydrogen-bond acceptors (Lipinski definition) is 10. The summed E-state index contributed by atoms with van der Waals surface area (Å²) in [6.07, 6.45) is 0. The maximum atomic E-state index is 14.9. The van der Waals surface area contributed by atoms with Crippen molar-refractivity contribution in [1.29, 1.82) is 0 Å². The van der Waals surface area contributed by atoms with Gasteiger partial charge in [0.1, 0.15) is 17.3 Å². The monoisotopic (exact) mass is 741 g/mol. The summed E-state index contributed by atoms with van der Waals surface area (Å²) in [7, 11) is -4.41. The van der Waals surface area contributed by atoms with Crippen LogP contribution in [-0.4, -0.2) is 67.7 Å². The number of amides is 1. The number of nitrogens with zero attached hydrogens (tertiary/aromatic N) is 3. The Morgan fingerprint density at radius 1 is 0.885 bits per heavy atom. The van der Waals surface area contributed by atoms with E-state index in [-0.39, 0.29) is 22.8 Å². The third kappa shape index (κ3) is 9.07. The molecule has 1 heterocycles. The van der Waals surface area contributed by atoms with Crippen LogP contribution in [0.5, 0.6) is 5.75 Å². The van der Waals surface area contributed by atoms with E-state index in [9.17, 15) is 32.8 Å². The normalized spacial score (nSPS) is 13.4. The maximum absolute atomic E-state index is 14.9. The Morgan fingerprint density at radius 3 is 2.33 bits per heavy atom. The summed E-state index contributed by atoms with van der Waals surface area (Å²) < 4.78 is 43.1. The van der Waals surface area contributed by atoms with Crippen LogP contribution < -0.4 is 14.9 Å². The number of thioether (sulfide) groups is 1. The molecule has 11 nitrogen and oxygen atoms in total. The van der Waals surface area contributed by atoms with Gasteiger partial charge < -0.3 is 15.3 Å². The summed E-state index contributed by atoms with van der Waals surface area (Å²) >= 11 is 1.58. The molecule has 0 aliphatic carbocycles. The molecule has 0 radical (unpaired) electrons. The topological polar surface area (TPSA) is 145 Å². The maximum Gasteiger partial charge on any atom is 0.293 e. The molecule has 1 saturated heterocycles. The molecule has 3 N–H and O–H groups in total. The Balaban J connectivity index is 1.01. The first-order valence-electron chi connectivity index (χ1n) is 16.5. The second-order valence-corrected chi connectivity index (χ2v) is 15.0. The van der Waals surface area contributed by atoms with Crippen molar-refractivity contribution < 1.29 is 27.6 Å². The second-order valence-electron chi connectivity index (χ2n) is 12.1. The molecular weight excluding hydrogens is 706 g/mol. The van der Waals surface area contributed by atoms with Crippen LogP contribution in [0.3, 0.4) is 0 Å². The number of sulfonamides is 1.